The molecule has 0 saturated carbocycles. The fourth-order valence-electron chi connectivity index (χ4n) is 2.90. The quantitative estimate of drug-likeness (QED) is 0.551. The number of nitrogen functional groups attached to an aromatic ring is 1. The molecule has 2 aromatic rings. The van der Waals surface area contributed by atoms with Gasteiger partial charge in [-0.25, -0.2) is 9.97 Å². The van der Waals surface area contributed by atoms with Gasteiger partial charge in [0.05, 0.1) is 17.4 Å². The molecule has 0 aromatic carbocycles. The number of carbonyl (C=O) groups excluding carboxylic acids is 1. The third kappa shape index (κ3) is 2.55. The molecule has 0 aliphatic heterocycles. The number of carboxylic acids is 1. The Labute approximate surface area is 164 Å². The van der Waals surface area contributed by atoms with Gasteiger partial charge in [0.2, 0.25) is 5.95 Å². The Morgan fingerprint density at radius 2 is 2.14 bits per heavy atom. The van der Waals surface area contributed by atoms with Gasteiger partial charge in [-0.1, -0.05) is 13.8 Å². The van der Waals surface area contributed by atoms with E-state index in [9.17, 15) is 9.90 Å². The molecule has 0 unspecified atom stereocenters. The molecule has 0 atom stereocenters. The summed E-state index contributed by atoms with van der Waals surface area (Å²) in [6.45, 7) is 3.94. The number of carboxylic acid groups (broad SMARTS) is 1. The zero-order valence-corrected chi connectivity index (χ0v) is 15.6. The van der Waals surface area contributed by atoms with Crippen LogP contribution >= 0.6 is 0 Å². The number of hydrogen-bond donors (Lipinski definition) is 1. The molecule has 0 saturated heterocycles. The summed E-state index contributed by atoms with van der Waals surface area (Å²) >= 11 is 0. The van der Waals surface area contributed by atoms with E-state index in [1.54, 1.807) is 13.2 Å². The third-order valence-corrected chi connectivity index (χ3v) is 3.66. The molecule has 7 nitrogen and oxygen atoms in total. The first-order valence-corrected chi connectivity index (χ1v) is 6.22. The Morgan fingerprint density at radius 3 is 2.76 bits per heavy atom. The fourth-order valence-corrected chi connectivity index (χ4v) is 2.90. The van der Waals surface area contributed by atoms with Crippen molar-refractivity contribution in [2.45, 2.75) is 25.7 Å². The van der Waals surface area contributed by atoms with Crippen LogP contribution in [-0.2, 0) is 18.9 Å². The smallest absolute Gasteiger partial charge is 0.543 e. The average Bonchev–Trinajstić information content (AvgIpc) is 2.70. The van der Waals surface area contributed by atoms with Gasteiger partial charge >= 0.3 is 51.4 Å². The monoisotopic (exact) mass is 311 g/mol. The second kappa shape index (κ2) is 5.44. The molecule has 2 heterocycles. The van der Waals surface area contributed by atoms with E-state index in [0.717, 1.165) is 5.56 Å². The van der Waals surface area contributed by atoms with E-state index < -0.39 is 5.97 Å². The molecule has 0 radical (unpaired) electrons. The normalized spacial score (nSPS) is 14.8. The summed E-state index contributed by atoms with van der Waals surface area (Å²) in [7, 11) is 1.69. The van der Waals surface area contributed by atoms with Gasteiger partial charge in [-0.05, 0) is 17.4 Å². The van der Waals surface area contributed by atoms with E-state index in [4.69, 9.17) is 5.73 Å². The van der Waals surface area contributed by atoms with Crippen LogP contribution < -0.4 is 62.2 Å². The molecule has 2 N–H and O–H groups in total. The number of aromatic nitrogens is 4. The number of carbonyl (C=O) groups is 1. The SMILES string of the molecule is Cn1nc(C(=O)[O-])c2c1-c1nc(N)ncc1CC2(C)C.[K+]. The first-order chi connectivity index (χ1) is 9.31. The van der Waals surface area contributed by atoms with E-state index >= 15 is 0 Å². The second-order valence-corrected chi connectivity index (χ2v) is 5.65. The number of hydrogen-bond acceptors (Lipinski definition) is 6. The molecule has 1 aliphatic rings. The standard InChI is InChI=1S/C13H15N5O2.K/c1-13(2)4-6-5-15-12(14)16-8(6)10-7(13)9(11(19)20)17-18(10)3;/h5H,4H2,1-3H3,(H,19,20)(H2,14,15,16);/q;+1/p-1. The molecule has 2 aromatic heterocycles. The minimum Gasteiger partial charge on any atom is -0.543 e. The molecular formula is C13H14KN5O2. The molecule has 3 rings (SSSR count). The Morgan fingerprint density at radius 1 is 1.48 bits per heavy atom. The van der Waals surface area contributed by atoms with E-state index in [1.807, 2.05) is 13.8 Å². The van der Waals surface area contributed by atoms with Crippen LogP contribution in [0.5, 0.6) is 0 Å². The summed E-state index contributed by atoms with van der Waals surface area (Å²) in [5.74, 6) is -1.12. The molecule has 104 valence electrons. The number of rotatable bonds is 1. The molecule has 8 heteroatoms. The second-order valence-electron chi connectivity index (χ2n) is 5.65. The molecule has 0 spiro atoms. The maximum atomic E-state index is 11.3. The van der Waals surface area contributed by atoms with Crippen LogP contribution in [0.3, 0.4) is 0 Å². The fraction of sp³-hybridized carbons (Fsp3) is 0.385. The first kappa shape index (κ1) is 16.6. The predicted octanol–water partition coefficient (Wildman–Crippen LogP) is -3.34. The van der Waals surface area contributed by atoms with Crippen molar-refractivity contribution in [3.63, 3.8) is 0 Å². The van der Waals surface area contributed by atoms with Crippen molar-refractivity contribution >= 4 is 11.9 Å². The Bertz CT molecular complexity index is 738. The summed E-state index contributed by atoms with van der Waals surface area (Å²) in [6, 6.07) is 0. The third-order valence-electron chi connectivity index (χ3n) is 3.66. The molecule has 1 aliphatic carbocycles. The minimum atomic E-state index is -1.28. The summed E-state index contributed by atoms with van der Waals surface area (Å²) in [5, 5.41) is 15.4. The van der Waals surface area contributed by atoms with Crippen molar-refractivity contribution in [3.8, 4) is 11.4 Å². The van der Waals surface area contributed by atoms with Gasteiger partial charge in [-0.15, -0.1) is 0 Å². The number of anilines is 1. The van der Waals surface area contributed by atoms with Crippen molar-refractivity contribution in [3.05, 3.63) is 23.0 Å². The van der Waals surface area contributed by atoms with E-state index in [-0.39, 0.29) is 68.4 Å². The van der Waals surface area contributed by atoms with Gasteiger partial charge < -0.3 is 15.6 Å². The van der Waals surface area contributed by atoms with E-state index in [0.29, 0.717) is 23.4 Å². The van der Waals surface area contributed by atoms with Crippen LogP contribution in [0.2, 0.25) is 0 Å². The van der Waals surface area contributed by atoms with Crippen LogP contribution in [0.4, 0.5) is 5.95 Å². The Hall–Kier alpha value is -0.804. The van der Waals surface area contributed by atoms with Crippen LogP contribution in [0.1, 0.15) is 35.5 Å². The predicted molar refractivity (Wildman–Crippen MR) is 69.7 cm³/mol. The zero-order chi connectivity index (χ0) is 14.7. The van der Waals surface area contributed by atoms with Gasteiger partial charge in [-0.2, -0.15) is 5.10 Å². The topological polar surface area (TPSA) is 110 Å². The Kier molecular flexibility index (Phi) is 4.29. The molecule has 21 heavy (non-hydrogen) atoms. The summed E-state index contributed by atoms with van der Waals surface area (Å²) < 4.78 is 1.52. The maximum Gasteiger partial charge on any atom is 1.00 e. The van der Waals surface area contributed by atoms with Crippen molar-refractivity contribution in [1.82, 2.24) is 19.7 Å². The zero-order valence-electron chi connectivity index (χ0n) is 12.5. The van der Waals surface area contributed by atoms with Crippen LogP contribution in [0.15, 0.2) is 6.20 Å². The van der Waals surface area contributed by atoms with Crippen molar-refractivity contribution < 1.29 is 61.3 Å². The minimum absolute atomic E-state index is 0. The van der Waals surface area contributed by atoms with Gasteiger partial charge in [0.25, 0.3) is 0 Å². The van der Waals surface area contributed by atoms with E-state index in [1.165, 1.54) is 4.68 Å². The summed E-state index contributed by atoms with van der Waals surface area (Å²) in [6.07, 6.45) is 2.32. The van der Waals surface area contributed by atoms with Gasteiger partial charge in [0.15, 0.2) is 0 Å². The maximum absolute atomic E-state index is 11.3. The number of fused-ring (bicyclic) bond motifs is 3. The van der Waals surface area contributed by atoms with Gasteiger partial charge in [0, 0.05) is 18.8 Å². The van der Waals surface area contributed by atoms with Gasteiger partial charge in [0.1, 0.15) is 5.69 Å². The van der Waals surface area contributed by atoms with E-state index in [2.05, 4.69) is 15.1 Å². The number of aromatic carboxylic acids is 1. The summed E-state index contributed by atoms with van der Waals surface area (Å²) in [5.41, 5.74) is 8.12. The Balaban J connectivity index is 0.00000161. The van der Waals surface area contributed by atoms with Gasteiger partial charge in [-0.3, -0.25) is 4.68 Å². The molecule has 0 fully saturated rings. The van der Waals surface area contributed by atoms with Crippen LogP contribution in [0.25, 0.3) is 11.4 Å². The van der Waals surface area contributed by atoms with Crippen LogP contribution in [0, 0.1) is 0 Å². The number of nitrogens with two attached hydrogens (primary N) is 1. The number of nitrogens with zero attached hydrogens (tertiary/aromatic N) is 4. The van der Waals surface area contributed by atoms with Crippen molar-refractivity contribution in [1.29, 1.82) is 0 Å². The largest absolute Gasteiger partial charge is 1.00 e. The summed E-state index contributed by atoms with van der Waals surface area (Å²) in [4.78, 5) is 19.6. The molecular weight excluding hydrogens is 297 g/mol. The van der Waals surface area contributed by atoms with Crippen molar-refractivity contribution in [2.75, 3.05) is 5.73 Å². The average molecular weight is 311 g/mol. The number of aryl methyl sites for hydroxylation is 1. The molecule has 0 bridgehead atoms. The van der Waals surface area contributed by atoms with Crippen molar-refractivity contribution in [2.24, 2.45) is 7.05 Å². The first-order valence-electron chi connectivity index (χ1n) is 6.22. The van der Waals surface area contributed by atoms with Crippen LogP contribution in [-0.4, -0.2) is 25.7 Å². The molecule has 0 amide bonds.